The molecule has 0 aliphatic carbocycles. The largest absolute Gasteiger partial charge is 0.494 e. The van der Waals surface area contributed by atoms with Gasteiger partial charge >= 0.3 is 11.9 Å². The van der Waals surface area contributed by atoms with Crippen LogP contribution in [0.1, 0.15) is 115 Å². The minimum absolute atomic E-state index is 0.187. The van der Waals surface area contributed by atoms with Crippen LogP contribution in [-0.2, 0) is 9.53 Å². The fourth-order valence-electron chi connectivity index (χ4n) is 5.49. The molecule has 0 aromatic heterocycles. The molecule has 0 unspecified atom stereocenters. The van der Waals surface area contributed by atoms with Crippen LogP contribution in [0.15, 0.2) is 66.7 Å². The molecule has 244 valence electrons. The lowest BCUT2D eigenvalue weighted by atomic mass is 10.1. The third kappa shape index (κ3) is 9.77. The monoisotopic (exact) mass is 627 g/mol. The molecule has 0 bridgehead atoms. The second-order valence-corrected chi connectivity index (χ2v) is 11.7. The zero-order valence-electron chi connectivity index (χ0n) is 27.1. The van der Waals surface area contributed by atoms with Crippen molar-refractivity contribution in [2.45, 2.75) is 84.0 Å². The smallest absolute Gasteiger partial charge is 0.343 e. The maximum atomic E-state index is 12.9. The van der Waals surface area contributed by atoms with E-state index in [1.807, 2.05) is 36.4 Å². The summed E-state index contributed by atoms with van der Waals surface area (Å²) in [6, 6.07) is 19.6. The lowest BCUT2D eigenvalue weighted by molar-refractivity contribution is -0.140. The zero-order chi connectivity index (χ0) is 32.7. The number of unbranched alkanes of at least 4 members (excludes halogenated alkanes) is 9. The van der Waals surface area contributed by atoms with E-state index in [1.165, 1.54) is 75.2 Å². The van der Waals surface area contributed by atoms with E-state index in [9.17, 15) is 19.2 Å². The molecule has 1 aliphatic rings. The number of carbonyl (C=O) groups is 4. The van der Waals surface area contributed by atoms with Gasteiger partial charge in [-0.3, -0.25) is 19.3 Å². The Balaban J connectivity index is 1.23. The van der Waals surface area contributed by atoms with E-state index in [-0.39, 0.29) is 35.1 Å². The molecule has 0 atom stereocenters. The van der Waals surface area contributed by atoms with Gasteiger partial charge in [0.25, 0.3) is 11.8 Å². The van der Waals surface area contributed by atoms with Crippen LogP contribution in [0.2, 0.25) is 0 Å². The Morgan fingerprint density at radius 1 is 0.652 bits per heavy atom. The number of ether oxygens (including phenoxy) is 3. The first-order valence-electron chi connectivity index (χ1n) is 16.5. The number of amides is 2. The Bertz CT molecular complexity index is 1460. The maximum absolute atomic E-state index is 12.9. The summed E-state index contributed by atoms with van der Waals surface area (Å²) in [6.45, 7) is 3.21. The van der Waals surface area contributed by atoms with Gasteiger partial charge in [0.05, 0.1) is 30.4 Å². The molecule has 0 N–H and O–H groups in total. The number of benzene rings is 3. The van der Waals surface area contributed by atoms with Gasteiger partial charge in [0.1, 0.15) is 11.5 Å². The van der Waals surface area contributed by atoms with Crippen LogP contribution in [-0.4, -0.2) is 48.9 Å². The lowest BCUT2D eigenvalue weighted by Gasteiger charge is -2.13. The molecule has 0 spiro atoms. The predicted octanol–water partition coefficient (Wildman–Crippen LogP) is 8.42. The van der Waals surface area contributed by atoms with E-state index >= 15 is 0 Å². The van der Waals surface area contributed by atoms with Gasteiger partial charge in [0, 0.05) is 13.0 Å². The molecule has 0 fully saturated rings. The van der Waals surface area contributed by atoms with E-state index < -0.39 is 11.9 Å². The van der Waals surface area contributed by atoms with Crippen LogP contribution in [0.3, 0.4) is 0 Å². The second kappa shape index (κ2) is 17.9. The van der Waals surface area contributed by atoms with Gasteiger partial charge in [-0.1, -0.05) is 82.6 Å². The van der Waals surface area contributed by atoms with E-state index in [1.54, 1.807) is 12.1 Å². The van der Waals surface area contributed by atoms with E-state index in [2.05, 4.69) is 11.7 Å². The molecule has 3 aromatic rings. The lowest BCUT2D eigenvalue weighted by Crippen LogP contribution is -2.30. The Labute approximate surface area is 272 Å². The molecule has 2 amide bonds. The van der Waals surface area contributed by atoms with Crippen molar-refractivity contribution in [1.82, 2.24) is 4.90 Å². The summed E-state index contributed by atoms with van der Waals surface area (Å²) >= 11 is 0. The first-order chi connectivity index (χ1) is 22.4. The molecule has 0 saturated heterocycles. The quantitative estimate of drug-likeness (QED) is 0.0569. The van der Waals surface area contributed by atoms with Gasteiger partial charge in [-0.2, -0.15) is 0 Å². The first-order valence-corrected chi connectivity index (χ1v) is 16.5. The molecule has 8 nitrogen and oxygen atoms in total. The second-order valence-electron chi connectivity index (χ2n) is 11.7. The van der Waals surface area contributed by atoms with Crippen LogP contribution in [0.5, 0.6) is 11.5 Å². The maximum Gasteiger partial charge on any atom is 0.343 e. The summed E-state index contributed by atoms with van der Waals surface area (Å²) in [6.07, 6.45) is 12.3. The Morgan fingerprint density at radius 3 is 1.89 bits per heavy atom. The molecule has 0 radical (unpaired) electrons. The van der Waals surface area contributed by atoms with Crippen molar-refractivity contribution in [1.29, 1.82) is 0 Å². The third-order valence-electron chi connectivity index (χ3n) is 8.22. The van der Waals surface area contributed by atoms with E-state index in [4.69, 9.17) is 9.47 Å². The van der Waals surface area contributed by atoms with Crippen molar-refractivity contribution in [3.8, 4) is 22.6 Å². The van der Waals surface area contributed by atoms with Crippen LogP contribution < -0.4 is 9.47 Å². The minimum Gasteiger partial charge on any atom is -0.494 e. The first kappa shape index (κ1) is 34.4. The van der Waals surface area contributed by atoms with Crippen molar-refractivity contribution < 1.29 is 33.4 Å². The summed E-state index contributed by atoms with van der Waals surface area (Å²) in [5.41, 5.74) is 2.64. The fraction of sp³-hybridized carbons (Fsp3) is 0.421. The Hall–Kier alpha value is -4.46. The van der Waals surface area contributed by atoms with Gasteiger partial charge in [-0.15, -0.1) is 0 Å². The van der Waals surface area contributed by atoms with Gasteiger partial charge in [-0.25, -0.2) is 4.79 Å². The highest BCUT2D eigenvalue weighted by molar-refractivity contribution is 6.22. The van der Waals surface area contributed by atoms with Gasteiger partial charge < -0.3 is 14.2 Å². The number of carbonyl (C=O) groups excluding carboxylic acids is 4. The summed E-state index contributed by atoms with van der Waals surface area (Å²) in [4.78, 5) is 51.1. The van der Waals surface area contributed by atoms with Crippen LogP contribution in [0, 0.1) is 0 Å². The minimum atomic E-state index is -0.616. The average molecular weight is 628 g/mol. The van der Waals surface area contributed by atoms with E-state index in [0.29, 0.717) is 31.4 Å². The summed E-state index contributed by atoms with van der Waals surface area (Å²) < 4.78 is 16.1. The molecule has 1 heterocycles. The van der Waals surface area contributed by atoms with Crippen molar-refractivity contribution >= 4 is 23.8 Å². The normalized spacial score (nSPS) is 12.3. The summed E-state index contributed by atoms with van der Waals surface area (Å²) in [5.74, 6) is -0.491. The predicted molar refractivity (Wildman–Crippen MR) is 177 cm³/mol. The summed E-state index contributed by atoms with van der Waals surface area (Å²) in [5, 5.41) is 0. The number of esters is 2. The Morgan fingerprint density at radius 2 is 1.24 bits per heavy atom. The SMILES string of the molecule is CCCCCCCCCCOc1ccc(-c2ccc(OC(=O)c3ccc4c(c3)C(=O)N(CCCCCC(=O)OC)C4=O)cc2)cc1. The van der Waals surface area contributed by atoms with Crippen molar-refractivity contribution in [2.75, 3.05) is 20.3 Å². The Kier molecular flexibility index (Phi) is 13.4. The molecule has 8 heteroatoms. The molecule has 46 heavy (non-hydrogen) atoms. The molecule has 4 rings (SSSR count). The number of hydrogen-bond donors (Lipinski definition) is 0. The highest BCUT2D eigenvalue weighted by atomic mass is 16.5. The number of methoxy groups -OCH3 is 1. The number of rotatable bonds is 19. The standard InChI is InChI=1S/C38H45NO7/c1-3-4-5-6-7-8-9-13-26-45-31-20-15-28(16-21-31)29-17-22-32(23-18-29)46-38(43)30-19-24-33-34(27-30)37(42)39(36(33)41)25-12-10-11-14-35(40)44-2/h15-24,27H,3-14,25-26H2,1-2H3. The van der Waals surface area contributed by atoms with Crippen LogP contribution in [0.4, 0.5) is 0 Å². The molecular formula is C38H45NO7. The number of imide groups is 1. The molecule has 3 aromatic carbocycles. The highest BCUT2D eigenvalue weighted by Crippen LogP contribution is 2.27. The average Bonchev–Trinajstić information content (AvgIpc) is 3.32. The third-order valence-corrected chi connectivity index (χ3v) is 8.22. The van der Waals surface area contributed by atoms with Crippen molar-refractivity contribution in [2.24, 2.45) is 0 Å². The highest BCUT2D eigenvalue weighted by Gasteiger charge is 2.35. The number of hydrogen-bond acceptors (Lipinski definition) is 7. The summed E-state index contributed by atoms with van der Waals surface area (Å²) in [7, 11) is 1.34. The van der Waals surface area contributed by atoms with E-state index in [0.717, 1.165) is 29.9 Å². The van der Waals surface area contributed by atoms with Crippen molar-refractivity contribution in [3.63, 3.8) is 0 Å². The number of nitrogens with zero attached hydrogens (tertiary/aromatic N) is 1. The van der Waals surface area contributed by atoms with Gasteiger partial charge in [0.15, 0.2) is 0 Å². The molecule has 0 saturated carbocycles. The number of fused-ring (bicyclic) bond motifs is 1. The molecule has 1 aliphatic heterocycles. The zero-order valence-corrected chi connectivity index (χ0v) is 27.1. The fourth-order valence-corrected chi connectivity index (χ4v) is 5.49. The van der Waals surface area contributed by atoms with Crippen LogP contribution in [0.25, 0.3) is 11.1 Å². The van der Waals surface area contributed by atoms with Crippen LogP contribution >= 0.6 is 0 Å². The van der Waals surface area contributed by atoms with Gasteiger partial charge in [-0.05, 0) is 72.9 Å². The van der Waals surface area contributed by atoms with Crippen molar-refractivity contribution in [3.05, 3.63) is 83.4 Å². The topological polar surface area (TPSA) is 99.2 Å². The van der Waals surface area contributed by atoms with Gasteiger partial charge in [0.2, 0.25) is 0 Å². The molecular weight excluding hydrogens is 582 g/mol.